The number of esters is 1. The van der Waals surface area contributed by atoms with E-state index in [2.05, 4.69) is 16.7 Å². The standard InChI is InChI=1S/C33H30N2O6/c1-2-40-32(38)26(19-20-36)14-11-23-12-17-28(18-13-23)35-31(37)22-34-33(39)41-30-21-27-9-4-3-7-24(27)15-16-25-8-5-6-10-29(25)30/h3-20,30H,2,21-22H2,1H3,(H,34,39)(H,35,37)/b14-11+,16-15-,26-19+. The number of anilines is 1. The number of ether oxygens (including phenoxy) is 2. The van der Waals surface area contributed by atoms with E-state index in [1.165, 1.54) is 6.08 Å². The molecule has 8 nitrogen and oxygen atoms in total. The van der Waals surface area contributed by atoms with Crippen molar-refractivity contribution in [1.29, 1.82) is 0 Å². The predicted molar refractivity (Wildman–Crippen MR) is 158 cm³/mol. The molecule has 1 unspecified atom stereocenters. The summed E-state index contributed by atoms with van der Waals surface area (Å²) >= 11 is 0. The summed E-state index contributed by atoms with van der Waals surface area (Å²) in [5.74, 6) is -1.01. The summed E-state index contributed by atoms with van der Waals surface area (Å²) in [5, 5.41) is 5.26. The third-order valence-electron chi connectivity index (χ3n) is 6.30. The molecule has 3 aromatic rings. The monoisotopic (exact) mass is 550 g/mol. The normalized spacial score (nSPS) is 15.0. The fraction of sp³-hybridized carbons (Fsp3) is 0.152. The van der Waals surface area contributed by atoms with Gasteiger partial charge in [0, 0.05) is 17.7 Å². The quantitative estimate of drug-likeness (QED) is 0.157. The zero-order chi connectivity index (χ0) is 29.0. The number of carbonyl (C=O) groups is 4. The van der Waals surface area contributed by atoms with Crippen molar-refractivity contribution in [1.82, 2.24) is 5.32 Å². The van der Waals surface area contributed by atoms with Crippen LogP contribution in [0.5, 0.6) is 0 Å². The highest BCUT2D eigenvalue weighted by Gasteiger charge is 2.22. The molecule has 0 spiro atoms. The van der Waals surface area contributed by atoms with Crippen molar-refractivity contribution in [2.24, 2.45) is 0 Å². The first-order valence-electron chi connectivity index (χ1n) is 13.2. The Balaban J connectivity index is 1.32. The van der Waals surface area contributed by atoms with Gasteiger partial charge in [-0.15, -0.1) is 0 Å². The van der Waals surface area contributed by atoms with Crippen molar-refractivity contribution < 1.29 is 28.7 Å². The Hall–Kier alpha value is -5.24. The molecular formula is C33H30N2O6. The number of fused-ring (bicyclic) bond motifs is 2. The van der Waals surface area contributed by atoms with Gasteiger partial charge in [-0.2, -0.15) is 0 Å². The second-order valence-corrected chi connectivity index (χ2v) is 9.09. The topological polar surface area (TPSA) is 111 Å². The van der Waals surface area contributed by atoms with Gasteiger partial charge in [-0.1, -0.05) is 78.9 Å². The smallest absolute Gasteiger partial charge is 0.408 e. The van der Waals surface area contributed by atoms with Gasteiger partial charge in [-0.05, 0) is 53.5 Å². The minimum absolute atomic E-state index is 0.126. The van der Waals surface area contributed by atoms with Crippen LogP contribution in [0.15, 0.2) is 90.5 Å². The van der Waals surface area contributed by atoms with Crippen LogP contribution >= 0.6 is 0 Å². The average Bonchev–Trinajstić information content (AvgIpc) is 2.97. The Morgan fingerprint density at radius 3 is 2.39 bits per heavy atom. The Kier molecular flexibility index (Phi) is 9.98. The van der Waals surface area contributed by atoms with Crippen LogP contribution in [-0.4, -0.2) is 37.4 Å². The van der Waals surface area contributed by atoms with Gasteiger partial charge >= 0.3 is 12.1 Å². The molecule has 0 bridgehead atoms. The fourth-order valence-corrected chi connectivity index (χ4v) is 4.30. The molecule has 4 rings (SSSR count). The van der Waals surface area contributed by atoms with Crippen LogP contribution in [0.3, 0.4) is 0 Å². The van der Waals surface area contributed by atoms with Gasteiger partial charge in [-0.25, -0.2) is 9.59 Å². The molecule has 1 atom stereocenters. The number of amides is 2. The molecule has 0 aromatic heterocycles. The van der Waals surface area contributed by atoms with Gasteiger partial charge in [0.05, 0.1) is 12.2 Å². The average molecular weight is 551 g/mol. The third kappa shape index (κ3) is 8.12. The Morgan fingerprint density at radius 1 is 0.927 bits per heavy atom. The van der Waals surface area contributed by atoms with Gasteiger partial charge in [0.1, 0.15) is 18.9 Å². The van der Waals surface area contributed by atoms with E-state index in [9.17, 15) is 19.2 Å². The van der Waals surface area contributed by atoms with E-state index in [-0.39, 0.29) is 18.7 Å². The van der Waals surface area contributed by atoms with Crippen LogP contribution in [0.1, 0.15) is 40.8 Å². The lowest BCUT2D eigenvalue weighted by atomic mass is 9.91. The Bertz CT molecular complexity index is 1500. The maximum absolute atomic E-state index is 12.7. The lowest BCUT2D eigenvalue weighted by Crippen LogP contribution is -2.34. The number of allylic oxidation sites excluding steroid dienone is 1. The van der Waals surface area contributed by atoms with Gasteiger partial charge in [0.25, 0.3) is 0 Å². The first kappa shape index (κ1) is 28.8. The first-order chi connectivity index (χ1) is 20.0. The van der Waals surface area contributed by atoms with E-state index < -0.39 is 24.1 Å². The minimum Gasteiger partial charge on any atom is -0.462 e. The summed E-state index contributed by atoms with van der Waals surface area (Å²) in [4.78, 5) is 47.9. The number of hydrogen-bond donors (Lipinski definition) is 2. The van der Waals surface area contributed by atoms with Gasteiger partial charge in [0.2, 0.25) is 5.91 Å². The van der Waals surface area contributed by atoms with Crippen molar-refractivity contribution in [3.8, 4) is 0 Å². The summed E-state index contributed by atoms with van der Waals surface area (Å²) in [7, 11) is 0. The number of alkyl carbamates (subject to hydrolysis) is 1. The Morgan fingerprint density at radius 2 is 1.63 bits per heavy atom. The maximum atomic E-state index is 12.7. The molecule has 2 N–H and O–H groups in total. The van der Waals surface area contributed by atoms with Crippen LogP contribution < -0.4 is 10.6 Å². The minimum atomic E-state index is -0.691. The predicted octanol–water partition coefficient (Wildman–Crippen LogP) is 5.52. The van der Waals surface area contributed by atoms with Crippen molar-refractivity contribution in [2.45, 2.75) is 19.4 Å². The van der Waals surface area contributed by atoms with E-state index in [4.69, 9.17) is 9.47 Å². The van der Waals surface area contributed by atoms with Gasteiger partial charge in [0.15, 0.2) is 0 Å². The molecule has 2 amide bonds. The molecule has 41 heavy (non-hydrogen) atoms. The molecule has 0 heterocycles. The van der Waals surface area contributed by atoms with Crippen LogP contribution in [0, 0.1) is 0 Å². The van der Waals surface area contributed by atoms with Crippen LogP contribution in [0.2, 0.25) is 0 Å². The summed E-state index contributed by atoms with van der Waals surface area (Å²) in [5.41, 5.74) is 5.37. The van der Waals surface area contributed by atoms with Crippen molar-refractivity contribution >= 4 is 48.2 Å². The van der Waals surface area contributed by atoms with Crippen LogP contribution in [-0.2, 0) is 30.3 Å². The number of aldehydes is 1. The largest absolute Gasteiger partial charge is 0.462 e. The second kappa shape index (κ2) is 14.2. The molecule has 0 aliphatic heterocycles. The SMILES string of the molecule is CCOC(=O)C(/C=C/c1ccc(NC(=O)CNC(=O)OC2Cc3ccccc3/C=C\c3ccccc32)cc1)=C/C=O. The molecule has 0 fully saturated rings. The number of nitrogens with one attached hydrogen (secondary N) is 2. The van der Waals surface area contributed by atoms with E-state index in [1.807, 2.05) is 54.6 Å². The third-order valence-corrected chi connectivity index (χ3v) is 6.30. The molecule has 0 saturated carbocycles. The summed E-state index contributed by atoms with van der Waals surface area (Å²) in [6, 6.07) is 22.5. The molecule has 1 aliphatic rings. The summed E-state index contributed by atoms with van der Waals surface area (Å²) in [6.07, 6.45) is 8.15. The number of hydrogen-bond acceptors (Lipinski definition) is 6. The maximum Gasteiger partial charge on any atom is 0.408 e. The Labute approximate surface area is 238 Å². The highest BCUT2D eigenvalue weighted by atomic mass is 16.6. The summed E-state index contributed by atoms with van der Waals surface area (Å²) in [6.45, 7) is 1.61. The lowest BCUT2D eigenvalue weighted by molar-refractivity contribution is -0.138. The van der Waals surface area contributed by atoms with Crippen molar-refractivity contribution in [3.63, 3.8) is 0 Å². The molecule has 1 aliphatic carbocycles. The van der Waals surface area contributed by atoms with Gasteiger partial charge in [-0.3, -0.25) is 9.59 Å². The number of rotatable bonds is 9. The van der Waals surface area contributed by atoms with E-state index >= 15 is 0 Å². The van der Waals surface area contributed by atoms with Crippen LogP contribution in [0.25, 0.3) is 18.2 Å². The molecule has 0 saturated heterocycles. The molecule has 0 radical (unpaired) electrons. The fourth-order valence-electron chi connectivity index (χ4n) is 4.30. The van der Waals surface area contributed by atoms with Gasteiger partial charge < -0.3 is 20.1 Å². The van der Waals surface area contributed by atoms with Crippen LogP contribution in [0.4, 0.5) is 10.5 Å². The lowest BCUT2D eigenvalue weighted by Gasteiger charge is -2.23. The highest BCUT2D eigenvalue weighted by molar-refractivity contribution is 5.96. The molecule has 3 aromatic carbocycles. The van der Waals surface area contributed by atoms with Crippen molar-refractivity contribution in [3.05, 3.63) is 118 Å². The first-order valence-corrected chi connectivity index (χ1v) is 13.2. The molecular weight excluding hydrogens is 520 g/mol. The van der Waals surface area contributed by atoms with Crippen molar-refractivity contribution in [2.75, 3.05) is 18.5 Å². The zero-order valence-corrected chi connectivity index (χ0v) is 22.5. The zero-order valence-electron chi connectivity index (χ0n) is 22.5. The molecule has 208 valence electrons. The van der Waals surface area contributed by atoms with E-state index in [0.29, 0.717) is 18.4 Å². The van der Waals surface area contributed by atoms with E-state index in [0.717, 1.165) is 33.9 Å². The second-order valence-electron chi connectivity index (χ2n) is 9.09. The van der Waals surface area contributed by atoms with E-state index in [1.54, 1.807) is 37.3 Å². The number of benzene rings is 3. The summed E-state index contributed by atoms with van der Waals surface area (Å²) < 4.78 is 10.7. The highest BCUT2D eigenvalue weighted by Crippen LogP contribution is 2.31. The molecule has 8 heteroatoms. The number of carbonyl (C=O) groups excluding carboxylic acids is 4.